The molecule has 0 bridgehead atoms. The highest BCUT2D eigenvalue weighted by Gasteiger charge is 2.41. The maximum atomic E-state index is 5.03. The van der Waals surface area contributed by atoms with E-state index in [1.54, 1.807) is 0 Å². The van der Waals surface area contributed by atoms with Crippen molar-refractivity contribution in [1.82, 2.24) is 14.5 Å². The van der Waals surface area contributed by atoms with Gasteiger partial charge in [0, 0.05) is 23.2 Å². The number of halogens is 1. The molecule has 3 aromatic heterocycles. The van der Waals surface area contributed by atoms with Crippen LogP contribution in [0.5, 0.6) is 0 Å². The predicted molar refractivity (Wildman–Crippen MR) is 143 cm³/mol. The molecule has 0 saturated carbocycles. The van der Waals surface area contributed by atoms with E-state index in [0.29, 0.717) is 0 Å². The fraction of sp³-hybridized carbons (Fsp3) is 0.0667. The van der Waals surface area contributed by atoms with E-state index in [9.17, 15) is 0 Å². The Kier molecular flexibility index (Phi) is 5.23. The SMILES string of the molecule is Brc1ccc2c3cnccc3n(C(C3=CC=CCC=C3)(c3ccccc3)c3ccccc3)c2n1. The van der Waals surface area contributed by atoms with Crippen LogP contribution in [0.15, 0.2) is 132 Å². The van der Waals surface area contributed by atoms with Gasteiger partial charge in [-0.1, -0.05) is 91.0 Å². The summed E-state index contributed by atoms with van der Waals surface area (Å²) in [6.45, 7) is 0. The van der Waals surface area contributed by atoms with Crippen LogP contribution in [-0.2, 0) is 5.54 Å². The number of nitrogens with zero attached hydrogens (tertiary/aromatic N) is 3. The second-order valence-electron chi connectivity index (χ2n) is 8.36. The lowest BCUT2D eigenvalue weighted by Gasteiger charge is -2.39. The molecule has 0 unspecified atom stereocenters. The third-order valence-corrected chi connectivity index (χ3v) is 6.94. The molecule has 0 aliphatic heterocycles. The summed E-state index contributed by atoms with van der Waals surface area (Å²) in [4.78, 5) is 9.49. The van der Waals surface area contributed by atoms with Crippen LogP contribution in [0.4, 0.5) is 0 Å². The average Bonchev–Trinajstić information content (AvgIpc) is 3.02. The van der Waals surface area contributed by atoms with E-state index in [-0.39, 0.29) is 0 Å². The van der Waals surface area contributed by atoms with Gasteiger partial charge >= 0.3 is 0 Å². The fourth-order valence-corrected chi connectivity index (χ4v) is 5.42. The van der Waals surface area contributed by atoms with Gasteiger partial charge in [-0.25, -0.2) is 4.98 Å². The Bertz CT molecular complexity index is 1540. The Hall–Kier alpha value is -3.76. The molecule has 0 atom stereocenters. The number of hydrogen-bond donors (Lipinski definition) is 0. The van der Waals surface area contributed by atoms with E-state index < -0.39 is 5.54 Å². The molecular weight excluding hydrogens is 482 g/mol. The van der Waals surface area contributed by atoms with Gasteiger partial charge in [-0.15, -0.1) is 0 Å². The number of rotatable bonds is 4. The smallest absolute Gasteiger partial charge is 0.143 e. The van der Waals surface area contributed by atoms with Crippen molar-refractivity contribution >= 4 is 37.9 Å². The number of hydrogen-bond acceptors (Lipinski definition) is 2. The summed E-state index contributed by atoms with van der Waals surface area (Å²) in [5, 5.41) is 2.17. The Balaban J connectivity index is 1.89. The van der Waals surface area contributed by atoms with Gasteiger partial charge in [0.05, 0.1) is 5.52 Å². The van der Waals surface area contributed by atoms with E-state index >= 15 is 0 Å². The fourth-order valence-electron chi connectivity index (χ4n) is 5.12. The minimum atomic E-state index is -0.650. The summed E-state index contributed by atoms with van der Waals surface area (Å²) in [6, 6.07) is 27.7. The molecule has 0 saturated heterocycles. The number of fused-ring (bicyclic) bond motifs is 3. The van der Waals surface area contributed by atoms with E-state index in [1.807, 2.05) is 18.5 Å². The maximum Gasteiger partial charge on any atom is 0.143 e. The molecule has 2 aromatic carbocycles. The number of allylic oxidation sites excluding steroid dienone is 6. The molecule has 0 amide bonds. The van der Waals surface area contributed by atoms with Crippen LogP contribution in [0.2, 0.25) is 0 Å². The van der Waals surface area contributed by atoms with Crippen molar-refractivity contribution in [2.24, 2.45) is 0 Å². The monoisotopic (exact) mass is 503 g/mol. The van der Waals surface area contributed by atoms with Crippen molar-refractivity contribution in [2.45, 2.75) is 12.0 Å². The summed E-state index contributed by atoms with van der Waals surface area (Å²) in [5.41, 5.74) is 4.87. The van der Waals surface area contributed by atoms with Crippen LogP contribution in [0, 0.1) is 0 Å². The van der Waals surface area contributed by atoms with Crippen molar-refractivity contribution in [1.29, 1.82) is 0 Å². The normalized spacial score (nSPS) is 13.9. The molecule has 0 radical (unpaired) electrons. The molecule has 3 heterocycles. The van der Waals surface area contributed by atoms with Crippen molar-refractivity contribution in [3.8, 4) is 0 Å². The van der Waals surface area contributed by atoms with Gasteiger partial charge in [-0.3, -0.25) is 4.98 Å². The van der Waals surface area contributed by atoms with Crippen molar-refractivity contribution in [3.05, 3.63) is 143 Å². The predicted octanol–water partition coefficient (Wildman–Crippen LogP) is 7.58. The summed E-state index contributed by atoms with van der Waals surface area (Å²) >= 11 is 3.63. The molecule has 5 aromatic rings. The van der Waals surface area contributed by atoms with Crippen molar-refractivity contribution in [2.75, 3.05) is 0 Å². The Labute approximate surface area is 206 Å². The molecule has 0 spiro atoms. The van der Waals surface area contributed by atoms with Gasteiger partial charge in [-0.2, -0.15) is 0 Å². The van der Waals surface area contributed by atoms with Crippen molar-refractivity contribution in [3.63, 3.8) is 0 Å². The lowest BCUT2D eigenvalue weighted by molar-refractivity contribution is 0.544. The standard InChI is InChI=1S/C30H22BrN3/c31-28-18-17-25-26-21-32-20-19-27(26)34(29(25)33-28)30(23-13-7-3-8-14-23,24-15-9-4-10-16-24)22-11-5-1-2-6-12-22/h1,3-21H,2H2. The van der Waals surface area contributed by atoms with Gasteiger partial charge in [0.2, 0.25) is 0 Å². The summed E-state index contributed by atoms with van der Waals surface area (Å²) in [5.74, 6) is 0. The zero-order valence-corrected chi connectivity index (χ0v) is 20.1. The largest absolute Gasteiger partial charge is 0.307 e. The van der Waals surface area contributed by atoms with Crippen LogP contribution in [0.25, 0.3) is 21.9 Å². The van der Waals surface area contributed by atoms with Gasteiger partial charge < -0.3 is 4.57 Å². The molecule has 6 rings (SSSR count). The van der Waals surface area contributed by atoms with Gasteiger partial charge in [0.25, 0.3) is 0 Å². The number of benzene rings is 2. The second kappa shape index (κ2) is 8.54. The molecule has 0 N–H and O–H groups in total. The first kappa shape index (κ1) is 20.8. The zero-order chi connectivity index (χ0) is 23.0. The maximum absolute atomic E-state index is 5.03. The van der Waals surface area contributed by atoms with Gasteiger partial charge in [0.1, 0.15) is 15.8 Å². The first-order chi connectivity index (χ1) is 16.8. The van der Waals surface area contributed by atoms with Gasteiger partial charge in [-0.05, 0) is 57.2 Å². The van der Waals surface area contributed by atoms with Crippen LogP contribution >= 0.6 is 15.9 Å². The summed E-state index contributed by atoms with van der Waals surface area (Å²) in [6.07, 6.45) is 15.8. The zero-order valence-electron chi connectivity index (χ0n) is 18.5. The molecule has 1 aliphatic rings. The molecular formula is C30H22BrN3. The minimum absolute atomic E-state index is 0.650. The van der Waals surface area contributed by atoms with E-state index in [2.05, 4.69) is 129 Å². The summed E-state index contributed by atoms with van der Waals surface area (Å²) in [7, 11) is 0. The van der Waals surface area contributed by atoms with Crippen LogP contribution < -0.4 is 0 Å². The minimum Gasteiger partial charge on any atom is -0.307 e. The van der Waals surface area contributed by atoms with Crippen LogP contribution in [-0.4, -0.2) is 14.5 Å². The molecule has 164 valence electrons. The van der Waals surface area contributed by atoms with E-state index in [0.717, 1.165) is 33.0 Å². The topological polar surface area (TPSA) is 30.7 Å². The Morgan fingerprint density at radius 2 is 1.53 bits per heavy atom. The Morgan fingerprint density at radius 3 is 2.26 bits per heavy atom. The molecule has 0 fully saturated rings. The highest BCUT2D eigenvalue weighted by molar-refractivity contribution is 9.10. The average molecular weight is 504 g/mol. The lowest BCUT2D eigenvalue weighted by Crippen LogP contribution is -2.38. The van der Waals surface area contributed by atoms with E-state index in [4.69, 9.17) is 4.98 Å². The molecule has 3 nitrogen and oxygen atoms in total. The first-order valence-corrected chi connectivity index (χ1v) is 12.2. The van der Waals surface area contributed by atoms with Gasteiger partial charge in [0.15, 0.2) is 0 Å². The molecule has 34 heavy (non-hydrogen) atoms. The quantitative estimate of drug-likeness (QED) is 0.236. The highest BCUT2D eigenvalue weighted by atomic mass is 79.9. The molecule has 4 heteroatoms. The molecule has 1 aliphatic carbocycles. The third-order valence-electron chi connectivity index (χ3n) is 6.50. The first-order valence-electron chi connectivity index (χ1n) is 11.4. The van der Waals surface area contributed by atoms with Crippen molar-refractivity contribution < 1.29 is 0 Å². The van der Waals surface area contributed by atoms with Crippen LogP contribution in [0.3, 0.4) is 0 Å². The van der Waals surface area contributed by atoms with Crippen LogP contribution in [0.1, 0.15) is 17.5 Å². The Morgan fingerprint density at radius 1 is 0.794 bits per heavy atom. The second-order valence-corrected chi connectivity index (χ2v) is 9.18. The number of pyridine rings is 2. The number of aromatic nitrogens is 3. The summed E-state index contributed by atoms with van der Waals surface area (Å²) < 4.78 is 3.20. The highest BCUT2D eigenvalue weighted by Crippen LogP contribution is 2.46. The van der Waals surface area contributed by atoms with E-state index in [1.165, 1.54) is 16.7 Å². The third kappa shape index (κ3) is 3.17. The lowest BCUT2D eigenvalue weighted by atomic mass is 9.75.